The molecular formula is C46H55FN6O10. The van der Waals surface area contributed by atoms with Crippen LogP contribution in [0.15, 0.2) is 41.2 Å². The fourth-order valence-corrected chi connectivity index (χ4v) is 8.43. The maximum atomic E-state index is 15.5. The lowest BCUT2D eigenvalue weighted by atomic mass is 9.86. The molecule has 0 unspecified atom stereocenters. The summed E-state index contributed by atoms with van der Waals surface area (Å²) in [7, 11) is 0. The van der Waals surface area contributed by atoms with Crippen molar-refractivity contribution in [1.29, 1.82) is 0 Å². The van der Waals surface area contributed by atoms with E-state index in [1.165, 1.54) is 25.1 Å². The van der Waals surface area contributed by atoms with Gasteiger partial charge in [0.05, 0.1) is 29.0 Å². The Morgan fingerprint density at radius 3 is 2.41 bits per heavy atom. The Balaban J connectivity index is 0.986. The summed E-state index contributed by atoms with van der Waals surface area (Å²) in [4.78, 5) is 94.2. The van der Waals surface area contributed by atoms with Crippen LogP contribution in [0, 0.1) is 12.7 Å². The summed E-state index contributed by atoms with van der Waals surface area (Å²) in [6, 6.07) is 1.05. The van der Waals surface area contributed by atoms with Crippen LogP contribution in [-0.2, 0) is 69.8 Å². The lowest BCUT2D eigenvalue weighted by Gasteiger charge is -2.31. The molecule has 0 aliphatic carbocycles. The fraction of sp³-hybridized carbons (Fsp3) is 0.478. The smallest absolute Gasteiger partial charge is 0.343 e. The Kier molecular flexibility index (Phi) is 14.4. The number of esters is 1. The van der Waals surface area contributed by atoms with E-state index in [0.29, 0.717) is 73.0 Å². The summed E-state index contributed by atoms with van der Waals surface area (Å²) >= 11 is 0. The molecule has 0 radical (unpaired) electrons. The number of fused-ring (bicyclic) bond motifs is 5. The van der Waals surface area contributed by atoms with Gasteiger partial charge in [-0.05, 0) is 94.0 Å². The first kappa shape index (κ1) is 46.4. The predicted molar refractivity (Wildman–Crippen MR) is 229 cm³/mol. The van der Waals surface area contributed by atoms with Gasteiger partial charge in [-0.15, -0.1) is 0 Å². The van der Waals surface area contributed by atoms with Gasteiger partial charge in [-0.3, -0.25) is 33.7 Å². The molecule has 3 aliphatic heterocycles. The summed E-state index contributed by atoms with van der Waals surface area (Å²) in [6.45, 7) is 12.7. The zero-order valence-corrected chi connectivity index (χ0v) is 36.4. The van der Waals surface area contributed by atoms with E-state index in [0.717, 1.165) is 27.0 Å². The third-order valence-electron chi connectivity index (χ3n) is 12.1. The molecule has 6 rings (SSSR count). The standard InChI is InChI=1S/C46H55FN6O10/c1-7-28-30-22-53-35(20-32-31(44(53)59)23-63-45(60)46(32,61)8-2)41(30)50-34-21-33(47)26(5)29(39(28)34)14-11-13-19-62-24-48-42(57)27(6)49-43(58)40(25(3)4)51-36(54)15-10-9-12-18-52-37(55)16-17-38(52)56/h16-17,20-21,27,40,61H,3,7-15,18-19,22-24H2,1-2,4-6H3,(H,48,57)(H,49,58)(H,51,54)/t27-,40-,46-/m0/s1. The van der Waals surface area contributed by atoms with E-state index in [1.807, 2.05) is 6.92 Å². The molecule has 5 heterocycles. The second kappa shape index (κ2) is 19.5. The number of aryl methyl sites for hydroxylation is 2. The number of halogens is 1. The van der Waals surface area contributed by atoms with Gasteiger partial charge in [0.1, 0.15) is 31.2 Å². The Hall–Kier alpha value is -6.07. The highest BCUT2D eigenvalue weighted by Gasteiger charge is 2.45. The number of nitrogens with one attached hydrogen (secondary N) is 3. The Bertz CT molecular complexity index is 2460. The van der Waals surface area contributed by atoms with E-state index in [1.54, 1.807) is 31.4 Å². The number of carbonyl (C=O) groups is 6. The summed E-state index contributed by atoms with van der Waals surface area (Å²) in [5, 5.41) is 20.0. The molecule has 3 atom stereocenters. The van der Waals surface area contributed by atoms with Crippen LogP contribution in [0.25, 0.3) is 22.3 Å². The number of rotatable bonds is 20. The first-order valence-corrected chi connectivity index (χ1v) is 21.5. The number of unbranched alkanes of at least 4 members (excludes halogenated alkanes) is 3. The molecule has 0 spiro atoms. The van der Waals surface area contributed by atoms with Crippen molar-refractivity contribution in [2.24, 2.45) is 0 Å². The van der Waals surface area contributed by atoms with Crippen molar-refractivity contribution in [3.63, 3.8) is 0 Å². The number of ether oxygens (including phenoxy) is 2. The van der Waals surface area contributed by atoms with Crippen molar-refractivity contribution in [2.75, 3.05) is 19.9 Å². The highest BCUT2D eigenvalue weighted by atomic mass is 19.1. The quantitative estimate of drug-likeness (QED) is 0.0331. The van der Waals surface area contributed by atoms with Crippen molar-refractivity contribution in [3.8, 4) is 11.4 Å². The topological polar surface area (TPSA) is 215 Å². The molecule has 17 heteroatoms. The highest BCUT2D eigenvalue weighted by Crippen LogP contribution is 2.41. The molecule has 63 heavy (non-hydrogen) atoms. The van der Waals surface area contributed by atoms with Crippen LogP contribution < -0.4 is 21.5 Å². The zero-order valence-electron chi connectivity index (χ0n) is 36.4. The van der Waals surface area contributed by atoms with Gasteiger partial charge in [0, 0.05) is 54.3 Å². The number of hydrogen-bond donors (Lipinski definition) is 4. The number of nitrogens with zero attached hydrogens (tertiary/aromatic N) is 3. The molecule has 0 bridgehead atoms. The van der Waals surface area contributed by atoms with E-state index in [-0.39, 0.29) is 80.3 Å². The van der Waals surface area contributed by atoms with Crippen molar-refractivity contribution < 1.29 is 47.7 Å². The van der Waals surface area contributed by atoms with Crippen LogP contribution in [0.5, 0.6) is 0 Å². The maximum Gasteiger partial charge on any atom is 0.343 e. The normalized spacial score (nSPS) is 17.3. The first-order chi connectivity index (χ1) is 30.0. The minimum absolute atomic E-state index is 0.0209. The summed E-state index contributed by atoms with van der Waals surface area (Å²) < 4.78 is 28.0. The van der Waals surface area contributed by atoms with E-state index in [4.69, 9.17) is 14.5 Å². The summed E-state index contributed by atoms with van der Waals surface area (Å²) in [6.07, 6.45) is 6.52. The molecule has 4 N–H and O–H groups in total. The monoisotopic (exact) mass is 870 g/mol. The largest absolute Gasteiger partial charge is 0.458 e. The van der Waals surface area contributed by atoms with Crippen LogP contribution in [0.2, 0.25) is 0 Å². The van der Waals surface area contributed by atoms with Gasteiger partial charge in [-0.1, -0.05) is 26.8 Å². The molecule has 3 aliphatic rings. The van der Waals surface area contributed by atoms with Crippen LogP contribution in [-0.4, -0.2) is 87.0 Å². The van der Waals surface area contributed by atoms with Gasteiger partial charge in [-0.25, -0.2) is 14.2 Å². The van der Waals surface area contributed by atoms with Gasteiger partial charge >= 0.3 is 5.97 Å². The maximum absolute atomic E-state index is 15.5. The number of carbonyl (C=O) groups excluding carboxylic acids is 6. The number of imide groups is 1. The minimum atomic E-state index is -1.96. The van der Waals surface area contributed by atoms with E-state index in [2.05, 4.69) is 22.5 Å². The number of amides is 5. The van der Waals surface area contributed by atoms with Crippen molar-refractivity contribution >= 4 is 46.4 Å². The van der Waals surface area contributed by atoms with Gasteiger partial charge in [0.2, 0.25) is 17.7 Å². The Morgan fingerprint density at radius 2 is 1.73 bits per heavy atom. The first-order valence-electron chi connectivity index (χ1n) is 21.5. The number of aromatic nitrogens is 2. The van der Waals surface area contributed by atoms with Crippen LogP contribution in [0.1, 0.15) is 106 Å². The summed E-state index contributed by atoms with van der Waals surface area (Å²) in [5.41, 5.74) is 3.02. The number of cyclic esters (lactones) is 1. The molecule has 16 nitrogen and oxygen atoms in total. The number of hydrogen-bond acceptors (Lipinski definition) is 11. The van der Waals surface area contributed by atoms with Crippen molar-refractivity contribution in [1.82, 2.24) is 30.4 Å². The molecule has 2 aromatic heterocycles. The summed E-state index contributed by atoms with van der Waals surface area (Å²) in [5.74, 6) is -3.39. The van der Waals surface area contributed by atoms with Crippen LogP contribution in [0.4, 0.5) is 4.39 Å². The zero-order chi connectivity index (χ0) is 45.7. The molecule has 5 amide bonds. The molecule has 1 aromatic carbocycles. The second-order valence-corrected chi connectivity index (χ2v) is 16.3. The van der Waals surface area contributed by atoms with E-state index in [9.17, 15) is 38.7 Å². The van der Waals surface area contributed by atoms with Crippen molar-refractivity contribution in [2.45, 2.75) is 123 Å². The molecule has 336 valence electrons. The van der Waals surface area contributed by atoms with Crippen LogP contribution >= 0.6 is 0 Å². The molecule has 0 saturated heterocycles. The third kappa shape index (κ3) is 9.49. The second-order valence-electron chi connectivity index (χ2n) is 16.3. The third-order valence-corrected chi connectivity index (χ3v) is 12.1. The number of aliphatic hydroxyl groups is 1. The fourth-order valence-electron chi connectivity index (χ4n) is 8.43. The highest BCUT2D eigenvalue weighted by molar-refractivity contribution is 6.12. The van der Waals surface area contributed by atoms with Gasteiger partial charge < -0.3 is 35.1 Å². The average molecular weight is 871 g/mol. The van der Waals surface area contributed by atoms with Gasteiger partial charge in [0.25, 0.3) is 17.4 Å². The number of pyridine rings is 2. The Morgan fingerprint density at radius 1 is 1.00 bits per heavy atom. The van der Waals surface area contributed by atoms with Crippen LogP contribution in [0.3, 0.4) is 0 Å². The van der Waals surface area contributed by atoms with Gasteiger partial charge in [0.15, 0.2) is 5.60 Å². The number of benzene rings is 1. The minimum Gasteiger partial charge on any atom is -0.458 e. The van der Waals surface area contributed by atoms with Gasteiger partial charge in [-0.2, -0.15) is 0 Å². The molecule has 0 saturated carbocycles. The predicted octanol–water partition coefficient (Wildman–Crippen LogP) is 3.55. The van der Waals surface area contributed by atoms with E-state index < -0.39 is 41.3 Å². The molecule has 3 aromatic rings. The van der Waals surface area contributed by atoms with Crippen molar-refractivity contribution in [3.05, 3.63) is 86.0 Å². The lowest BCUT2D eigenvalue weighted by molar-refractivity contribution is -0.172. The average Bonchev–Trinajstić information content (AvgIpc) is 3.78. The molecule has 0 fully saturated rings. The Labute approximate surface area is 364 Å². The lowest BCUT2D eigenvalue weighted by Crippen LogP contribution is -2.53. The van der Waals surface area contributed by atoms with E-state index >= 15 is 4.39 Å². The SMILES string of the molecule is C=C(C)[C@H](NC(=O)CCCCCN1C(=O)C=CC1=O)C(=O)N[C@@H](C)C(=O)NCOCCCCc1c(C)c(F)cc2nc3c(c(CC)c12)Cn1c-3cc2c(c1=O)COC(=O)[C@]2(O)CC. The molecular weight excluding hydrogens is 816 g/mol.